The molecule has 0 unspecified atom stereocenters. The van der Waals surface area contributed by atoms with E-state index in [1.807, 2.05) is 18.3 Å². The van der Waals surface area contributed by atoms with E-state index in [4.69, 9.17) is 5.41 Å². The molecule has 3 aromatic rings. The Morgan fingerprint density at radius 1 is 0.952 bits per heavy atom. The van der Waals surface area contributed by atoms with E-state index in [-0.39, 0.29) is 5.49 Å². The molecule has 0 amide bonds. The smallest absolute Gasteiger partial charge is 0.147 e. The maximum absolute atomic E-state index is 9.25. The summed E-state index contributed by atoms with van der Waals surface area (Å²) in [6.45, 7) is 0. The van der Waals surface area contributed by atoms with Crippen LogP contribution in [0.5, 0.6) is 0 Å². The van der Waals surface area contributed by atoms with Crippen LogP contribution >= 0.6 is 0 Å². The summed E-state index contributed by atoms with van der Waals surface area (Å²) >= 11 is 0. The Morgan fingerprint density at radius 2 is 1.57 bits per heavy atom. The molecule has 0 saturated carbocycles. The van der Waals surface area contributed by atoms with Gasteiger partial charge in [-0.1, -0.05) is 0 Å². The zero-order valence-corrected chi connectivity index (χ0v) is 11.1. The van der Waals surface area contributed by atoms with Gasteiger partial charge in [0.25, 0.3) is 0 Å². The third kappa shape index (κ3) is 2.42. The molecule has 21 heavy (non-hydrogen) atoms. The molecule has 1 N–H and O–H groups in total. The predicted octanol–water partition coefficient (Wildman–Crippen LogP) is 2.29. The van der Waals surface area contributed by atoms with Gasteiger partial charge in [0.2, 0.25) is 0 Å². The SMILES string of the molecule is N#Cc1cc(-c2ccncc2)cn(-c2ccncc2)c1=N. The summed E-state index contributed by atoms with van der Waals surface area (Å²) in [5.74, 6) is 0. The summed E-state index contributed by atoms with van der Waals surface area (Å²) in [6, 6.07) is 11.1. The molecule has 0 aliphatic rings. The lowest BCUT2D eigenvalue weighted by Gasteiger charge is -2.11. The van der Waals surface area contributed by atoms with E-state index < -0.39 is 0 Å². The Balaban J connectivity index is 2.26. The summed E-state index contributed by atoms with van der Waals surface area (Å²) in [5.41, 5.74) is 3.08. The average molecular weight is 273 g/mol. The van der Waals surface area contributed by atoms with Gasteiger partial charge in [0.1, 0.15) is 11.6 Å². The number of nitriles is 1. The van der Waals surface area contributed by atoms with E-state index in [0.717, 1.165) is 16.8 Å². The fourth-order valence-corrected chi connectivity index (χ4v) is 2.09. The lowest BCUT2D eigenvalue weighted by molar-refractivity contribution is 0.915. The monoisotopic (exact) mass is 273 g/mol. The molecule has 0 aliphatic heterocycles. The van der Waals surface area contributed by atoms with Gasteiger partial charge in [0.15, 0.2) is 0 Å². The minimum absolute atomic E-state index is 0.154. The number of rotatable bonds is 2. The zero-order chi connectivity index (χ0) is 14.7. The highest BCUT2D eigenvalue weighted by Crippen LogP contribution is 2.19. The van der Waals surface area contributed by atoms with E-state index in [0.29, 0.717) is 5.56 Å². The fraction of sp³-hybridized carbons (Fsp3) is 0. The van der Waals surface area contributed by atoms with Crippen LogP contribution in [0.4, 0.5) is 0 Å². The summed E-state index contributed by atoms with van der Waals surface area (Å²) in [7, 11) is 0. The van der Waals surface area contributed by atoms with Gasteiger partial charge in [-0.2, -0.15) is 5.26 Å². The summed E-state index contributed by atoms with van der Waals surface area (Å²) < 4.78 is 1.68. The Bertz CT molecular complexity index is 861. The molecule has 0 fully saturated rings. The van der Waals surface area contributed by atoms with Gasteiger partial charge in [-0.25, -0.2) is 0 Å². The van der Waals surface area contributed by atoms with Gasteiger partial charge in [0.05, 0.1) is 11.3 Å². The maximum Gasteiger partial charge on any atom is 0.147 e. The third-order valence-electron chi connectivity index (χ3n) is 3.14. The highest BCUT2D eigenvalue weighted by molar-refractivity contribution is 5.64. The Kier molecular flexibility index (Phi) is 3.27. The first-order chi connectivity index (χ1) is 10.3. The topological polar surface area (TPSA) is 78.3 Å². The highest BCUT2D eigenvalue weighted by Gasteiger charge is 2.07. The number of hydrogen-bond donors (Lipinski definition) is 1. The molecule has 0 aliphatic carbocycles. The molecule has 0 atom stereocenters. The van der Waals surface area contributed by atoms with E-state index in [1.165, 1.54) is 0 Å². The zero-order valence-electron chi connectivity index (χ0n) is 11.1. The van der Waals surface area contributed by atoms with Crippen molar-refractivity contribution >= 4 is 0 Å². The van der Waals surface area contributed by atoms with Crippen molar-refractivity contribution in [3.63, 3.8) is 0 Å². The molecule has 0 saturated heterocycles. The summed E-state index contributed by atoms with van der Waals surface area (Å²) in [6.07, 6.45) is 8.56. The number of hydrogen-bond acceptors (Lipinski definition) is 4. The number of pyridine rings is 3. The van der Waals surface area contributed by atoms with Crippen LogP contribution in [-0.4, -0.2) is 14.5 Å². The number of nitrogens with one attached hydrogen (secondary N) is 1. The molecule has 100 valence electrons. The van der Waals surface area contributed by atoms with Crippen molar-refractivity contribution in [2.75, 3.05) is 0 Å². The largest absolute Gasteiger partial charge is 0.300 e. The van der Waals surface area contributed by atoms with Gasteiger partial charge in [0, 0.05) is 31.0 Å². The van der Waals surface area contributed by atoms with E-state index in [2.05, 4.69) is 16.0 Å². The van der Waals surface area contributed by atoms with E-state index in [9.17, 15) is 5.26 Å². The van der Waals surface area contributed by atoms with E-state index >= 15 is 0 Å². The lowest BCUT2D eigenvalue weighted by atomic mass is 10.1. The lowest BCUT2D eigenvalue weighted by Crippen LogP contribution is -2.21. The van der Waals surface area contributed by atoms with Crippen molar-refractivity contribution in [2.24, 2.45) is 0 Å². The van der Waals surface area contributed by atoms with Crippen LogP contribution in [0.2, 0.25) is 0 Å². The Labute approximate surface area is 121 Å². The molecule has 5 heteroatoms. The predicted molar refractivity (Wildman–Crippen MR) is 77.4 cm³/mol. The molecule has 0 radical (unpaired) electrons. The van der Waals surface area contributed by atoms with Gasteiger partial charge < -0.3 is 4.57 Å². The van der Waals surface area contributed by atoms with Crippen LogP contribution in [0.15, 0.2) is 61.3 Å². The first kappa shape index (κ1) is 12.8. The molecular weight excluding hydrogens is 262 g/mol. The van der Waals surface area contributed by atoms with Crippen LogP contribution < -0.4 is 5.49 Å². The molecule has 0 bridgehead atoms. The normalized spacial score (nSPS) is 10.0. The van der Waals surface area contributed by atoms with Gasteiger partial charge >= 0.3 is 0 Å². The third-order valence-corrected chi connectivity index (χ3v) is 3.14. The van der Waals surface area contributed by atoms with Crippen molar-refractivity contribution < 1.29 is 0 Å². The van der Waals surface area contributed by atoms with Crippen LogP contribution in [-0.2, 0) is 0 Å². The summed E-state index contributed by atoms with van der Waals surface area (Å²) in [4.78, 5) is 7.97. The standard InChI is InChI=1S/C16H11N5/c17-10-13-9-14(12-1-5-19-6-2-12)11-21(16(13)18)15-3-7-20-8-4-15/h1-9,11,18H. The second kappa shape index (κ2) is 5.39. The van der Waals surface area contributed by atoms with Crippen LogP contribution in [0.3, 0.4) is 0 Å². The molecule has 0 spiro atoms. The van der Waals surface area contributed by atoms with Crippen LogP contribution in [0, 0.1) is 16.7 Å². The van der Waals surface area contributed by atoms with Gasteiger partial charge in [-0.15, -0.1) is 0 Å². The Morgan fingerprint density at radius 3 is 2.19 bits per heavy atom. The molecule has 0 aromatic carbocycles. The molecule has 3 aromatic heterocycles. The van der Waals surface area contributed by atoms with Crippen LogP contribution in [0.25, 0.3) is 16.8 Å². The second-order valence-corrected chi connectivity index (χ2v) is 4.41. The minimum atomic E-state index is 0.154. The van der Waals surface area contributed by atoms with Gasteiger partial charge in [-0.05, 0) is 41.5 Å². The first-order valence-corrected chi connectivity index (χ1v) is 6.32. The molecule has 5 nitrogen and oxygen atoms in total. The highest BCUT2D eigenvalue weighted by atomic mass is 15.0. The van der Waals surface area contributed by atoms with Crippen molar-refractivity contribution in [2.45, 2.75) is 0 Å². The molecule has 3 heterocycles. The van der Waals surface area contributed by atoms with Crippen molar-refractivity contribution in [3.05, 3.63) is 72.4 Å². The molecular formula is C16H11N5. The van der Waals surface area contributed by atoms with Crippen molar-refractivity contribution in [1.82, 2.24) is 14.5 Å². The van der Waals surface area contributed by atoms with E-state index in [1.54, 1.807) is 47.6 Å². The van der Waals surface area contributed by atoms with Crippen LogP contribution in [0.1, 0.15) is 5.56 Å². The van der Waals surface area contributed by atoms with Crippen molar-refractivity contribution in [3.8, 4) is 22.9 Å². The quantitative estimate of drug-likeness (QED) is 0.778. The maximum atomic E-state index is 9.25. The summed E-state index contributed by atoms with van der Waals surface area (Å²) in [5, 5.41) is 17.4. The van der Waals surface area contributed by atoms with Gasteiger partial charge in [-0.3, -0.25) is 15.4 Å². The Hall–Kier alpha value is -3.26. The number of nitrogens with zero attached hydrogens (tertiary/aromatic N) is 4. The minimum Gasteiger partial charge on any atom is -0.300 e. The average Bonchev–Trinajstić information content (AvgIpc) is 2.56. The fourth-order valence-electron chi connectivity index (χ4n) is 2.09. The first-order valence-electron chi connectivity index (χ1n) is 6.32. The number of aromatic nitrogens is 3. The van der Waals surface area contributed by atoms with Crippen molar-refractivity contribution in [1.29, 1.82) is 10.7 Å². The molecule has 3 rings (SSSR count). The second-order valence-electron chi connectivity index (χ2n) is 4.41.